The summed E-state index contributed by atoms with van der Waals surface area (Å²) >= 11 is 1.41. The van der Waals surface area contributed by atoms with Crippen molar-refractivity contribution in [2.24, 2.45) is 5.41 Å². The molecule has 0 radical (unpaired) electrons. The molecule has 0 aliphatic rings. The number of benzene rings is 3. The van der Waals surface area contributed by atoms with Gasteiger partial charge < -0.3 is 15.4 Å². The fraction of sp³-hybridized carbons (Fsp3) is 0.323. The molecule has 38 heavy (non-hydrogen) atoms. The van der Waals surface area contributed by atoms with E-state index in [0.29, 0.717) is 30.0 Å². The number of carbonyl (C=O) groups excluding carboxylic acids is 3. The van der Waals surface area contributed by atoms with Crippen molar-refractivity contribution in [3.8, 4) is 0 Å². The molecule has 3 aromatic carbocycles. The molecule has 3 aromatic rings. The van der Waals surface area contributed by atoms with Gasteiger partial charge in [0.2, 0.25) is 11.8 Å². The van der Waals surface area contributed by atoms with Crippen molar-refractivity contribution in [3.63, 3.8) is 0 Å². The van der Waals surface area contributed by atoms with E-state index in [1.54, 1.807) is 24.3 Å². The summed E-state index contributed by atoms with van der Waals surface area (Å²) in [5.74, 6) is -0.611. The second-order valence-corrected chi connectivity index (χ2v) is 11.5. The minimum Gasteiger partial charge on any atom is -0.462 e. The Labute approximate surface area is 229 Å². The molecule has 2 N–H and O–H groups in total. The molecule has 1 atom stereocenters. The number of ether oxygens (including phenoxy) is 1. The maximum Gasteiger partial charge on any atom is 0.338 e. The first kappa shape index (κ1) is 29.0. The van der Waals surface area contributed by atoms with Crippen molar-refractivity contribution in [3.05, 3.63) is 90.0 Å². The largest absolute Gasteiger partial charge is 0.462 e. The van der Waals surface area contributed by atoms with E-state index in [1.165, 1.54) is 11.8 Å². The third-order valence-electron chi connectivity index (χ3n) is 5.52. The Morgan fingerprint density at radius 1 is 0.868 bits per heavy atom. The summed E-state index contributed by atoms with van der Waals surface area (Å²) in [5, 5.41) is 5.40. The van der Waals surface area contributed by atoms with Crippen LogP contribution in [-0.4, -0.2) is 24.4 Å². The van der Waals surface area contributed by atoms with Crippen LogP contribution >= 0.6 is 11.8 Å². The van der Waals surface area contributed by atoms with E-state index in [9.17, 15) is 14.4 Å². The molecule has 0 saturated heterocycles. The van der Waals surface area contributed by atoms with Gasteiger partial charge in [-0.3, -0.25) is 9.59 Å². The summed E-state index contributed by atoms with van der Waals surface area (Å²) in [6, 6.07) is 23.8. The number of hydrogen-bond donors (Lipinski definition) is 2. The predicted molar refractivity (Wildman–Crippen MR) is 154 cm³/mol. The lowest BCUT2D eigenvalue weighted by atomic mass is 9.92. The van der Waals surface area contributed by atoms with Crippen LogP contribution in [0.3, 0.4) is 0 Å². The van der Waals surface area contributed by atoms with Crippen molar-refractivity contribution < 1.29 is 19.1 Å². The lowest BCUT2D eigenvalue weighted by Crippen LogP contribution is -2.20. The van der Waals surface area contributed by atoms with Crippen molar-refractivity contribution in [2.75, 3.05) is 17.2 Å². The van der Waals surface area contributed by atoms with Crippen LogP contribution in [0.15, 0.2) is 83.8 Å². The molecule has 0 fully saturated rings. The number of nitrogens with one attached hydrogen (secondary N) is 2. The zero-order chi connectivity index (χ0) is 27.5. The fourth-order valence-corrected chi connectivity index (χ4v) is 4.74. The second kappa shape index (κ2) is 13.8. The summed E-state index contributed by atoms with van der Waals surface area (Å²) in [7, 11) is 0. The summed E-state index contributed by atoms with van der Waals surface area (Å²) in [5.41, 5.74) is 2.47. The monoisotopic (exact) mass is 532 g/mol. The number of anilines is 2. The van der Waals surface area contributed by atoms with Gasteiger partial charge in [0.05, 0.1) is 12.2 Å². The highest BCUT2D eigenvalue weighted by molar-refractivity contribution is 8.00. The number of amides is 2. The first-order valence-corrected chi connectivity index (χ1v) is 13.7. The van der Waals surface area contributed by atoms with E-state index in [0.717, 1.165) is 23.3 Å². The van der Waals surface area contributed by atoms with Gasteiger partial charge in [-0.2, -0.15) is 0 Å². The SMILES string of the molecule is CCCCOC(=O)c1ccc(NC(=O)C(Sc2cccc(NC(=O)CC(C)(C)C)c2)c2ccccc2)cc1. The number of unbranched alkanes of at least 4 members (excludes halogenated alkanes) is 1. The van der Waals surface area contributed by atoms with Gasteiger partial charge in [-0.05, 0) is 59.9 Å². The molecule has 7 heteroatoms. The Kier molecular flexibility index (Phi) is 10.5. The first-order chi connectivity index (χ1) is 18.1. The maximum absolute atomic E-state index is 13.4. The average molecular weight is 533 g/mol. The molecule has 1 unspecified atom stereocenters. The molecule has 3 rings (SSSR count). The van der Waals surface area contributed by atoms with Crippen molar-refractivity contribution in [1.29, 1.82) is 0 Å². The molecule has 200 valence electrons. The van der Waals surface area contributed by atoms with Crippen LogP contribution in [0.2, 0.25) is 0 Å². The molecule has 0 aromatic heterocycles. The highest BCUT2D eigenvalue weighted by atomic mass is 32.2. The van der Waals surface area contributed by atoms with Crippen molar-refractivity contribution in [2.45, 2.75) is 57.1 Å². The molecule has 0 aliphatic heterocycles. The molecular formula is C31H36N2O4S. The van der Waals surface area contributed by atoms with Gasteiger partial charge in [-0.1, -0.05) is 70.5 Å². The van der Waals surface area contributed by atoms with Gasteiger partial charge in [0.1, 0.15) is 5.25 Å². The van der Waals surface area contributed by atoms with Gasteiger partial charge >= 0.3 is 5.97 Å². The topological polar surface area (TPSA) is 84.5 Å². The normalized spacial score (nSPS) is 11.9. The minimum absolute atomic E-state index is 0.0466. The van der Waals surface area contributed by atoms with E-state index in [-0.39, 0.29) is 23.2 Å². The van der Waals surface area contributed by atoms with Crippen LogP contribution in [0.1, 0.15) is 68.1 Å². The van der Waals surface area contributed by atoms with E-state index in [1.807, 2.05) is 82.3 Å². The van der Waals surface area contributed by atoms with Crippen LogP contribution in [0, 0.1) is 5.41 Å². The number of hydrogen-bond acceptors (Lipinski definition) is 5. The van der Waals surface area contributed by atoms with E-state index < -0.39 is 5.25 Å². The van der Waals surface area contributed by atoms with E-state index >= 15 is 0 Å². The molecule has 0 bridgehead atoms. The Hall–Kier alpha value is -3.58. The Morgan fingerprint density at radius 3 is 2.24 bits per heavy atom. The van der Waals surface area contributed by atoms with Crippen LogP contribution in [0.5, 0.6) is 0 Å². The van der Waals surface area contributed by atoms with Gasteiger partial charge in [0.15, 0.2) is 0 Å². The maximum atomic E-state index is 13.4. The zero-order valence-electron chi connectivity index (χ0n) is 22.5. The molecule has 0 spiro atoms. The molecule has 0 saturated carbocycles. The molecule has 0 heterocycles. The van der Waals surface area contributed by atoms with Gasteiger partial charge in [-0.25, -0.2) is 4.79 Å². The Bertz CT molecular complexity index is 1220. The summed E-state index contributed by atoms with van der Waals surface area (Å²) < 4.78 is 5.25. The third kappa shape index (κ3) is 9.38. The minimum atomic E-state index is -0.532. The van der Waals surface area contributed by atoms with Crippen LogP contribution < -0.4 is 10.6 Å². The standard InChI is InChI=1S/C31H36N2O4S/c1-5-6-19-37-30(36)23-15-17-24(18-16-23)33-29(35)28(22-11-8-7-9-12-22)38-26-14-10-13-25(20-26)32-27(34)21-31(2,3)4/h7-18,20,28H,5-6,19,21H2,1-4H3,(H,32,34)(H,33,35). The van der Waals surface area contributed by atoms with Crippen LogP contribution in [-0.2, 0) is 14.3 Å². The molecule has 0 aliphatic carbocycles. The smallest absolute Gasteiger partial charge is 0.338 e. The summed E-state index contributed by atoms with van der Waals surface area (Å²) in [6.07, 6.45) is 2.19. The highest BCUT2D eigenvalue weighted by Gasteiger charge is 2.23. The van der Waals surface area contributed by atoms with Gasteiger partial charge in [0, 0.05) is 22.7 Å². The first-order valence-electron chi connectivity index (χ1n) is 12.8. The van der Waals surface area contributed by atoms with Crippen LogP contribution in [0.4, 0.5) is 11.4 Å². The van der Waals surface area contributed by atoms with E-state index in [4.69, 9.17) is 4.74 Å². The van der Waals surface area contributed by atoms with E-state index in [2.05, 4.69) is 10.6 Å². The van der Waals surface area contributed by atoms with Gasteiger partial charge in [0.25, 0.3) is 0 Å². The van der Waals surface area contributed by atoms with Crippen molar-refractivity contribution in [1.82, 2.24) is 0 Å². The molecule has 2 amide bonds. The molecular weight excluding hydrogens is 496 g/mol. The number of thioether (sulfide) groups is 1. The Morgan fingerprint density at radius 2 is 1.58 bits per heavy atom. The number of rotatable bonds is 11. The lowest BCUT2D eigenvalue weighted by molar-refractivity contribution is -0.118. The van der Waals surface area contributed by atoms with Gasteiger partial charge in [-0.15, -0.1) is 11.8 Å². The fourth-order valence-electron chi connectivity index (χ4n) is 3.66. The number of esters is 1. The highest BCUT2D eigenvalue weighted by Crippen LogP contribution is 2.37. The lowest BCUT2D eigenvalue weighted by Gasteiger charge is -2.19. The Balaban J connectivity index is 1.73. The zero-order valence-corrected chi connectivity index (χ0v) is 23.3. The summed E-state index contributed by atoms with van der Waals surface area (Å²) in [4.78, 5) is 38.9. The molecule has 6 nitrogen and oxygen atoms in total. The van der Waals surface area contributed by atoms with Crippen LogP contribution in [0.25, 0.3) is 0 Å². The predicted octanol–water partition coefficient (Wildman–Crippen LogP) is 7.49. The number of carbonyl (C=O) groups is 3. The average Bonchev–Trinajstić information content (AvgIpc) is 2.87. The quantitative estimate of drug-likeness (QED) is 0.152. The summed E-state index contributed by atoms with van der Waals surface area (Å²) in [6.45, 7) is 8.50. The second-order valence-electron chi connectivity index (χ2n) is 10.3. The third-order valence-corrected chi connectivity index (χ3v) is 6.77. The van der Waals surface area contributed by atoms with Crippen molar-refractivity contribution >= 4 is 40.9 Å².